The molecule has 0 saturated carbocycles. The van der Waals surface area contributed by atoms with Gasteiger partial charge in [0.05, 0.1) is 12.2 Å². The number of carbonyl (C=O) groups is 1. The highest BCUT2D eigenvalue weighted by Gasteiger charge is 2.30. The monoisotopic (exact) mass is 246 g/mol. The van der Waals surface area contributed by atoms with Crippen LogP contribution in [0.25, 0.3) is 11.0 Å². The van der Waals surface area contributed by atoms with Crippen molar-refractivity contribution in [3.8, 4) is 0 Å². The first kappa shape index (κ1) is 11.2. The van der Waals surface area contributed by atoms with Gasteiger partial charge in [-0.05, 0) is 25.0 Å². The molecular weight excluding hydrogens is 232 g/mol. The summed E-state index contributed by atoms with van der Waals surface area (Å²) in [5.41, 5.74) is 1.78. The number of benzene rings is 1. The van der Waals surface area contributed by atoms with E-state index in [1.165, 1.54) is 0 Å². The highest BCUT2D eigenvalue weighted by molar-refractivity contribution is 5.74. The van der Waals surface area contributed by atoms with Crippen LogP contribution in [0.4, 0.5) is 0 Å². The van der Waals surface area contributed by atoms with Gasteiger partial charge in [-0.2, -0.15) is 0 Å². The molecule has 2 aromatic rings. The van der Waals surface area contributed by atoms with Gasteiger partial charge in [-0.15, -0.1) is 5.10 Å². The van der Waals surface area contributed by atoms with Gasteiger partial charge in [-0.1, -0.05) is 17.3 Å². The number of likely N-dealkylation sites (tertiary alicyclic amines) is 1. The zero-order valence-electron chi connectivity index (χ0n) is 9.86. The van der Waals surface area contributed by atoms with E-state index in [9.17, 15) is 4.79 Å². The Balaban J connectivity index is 1.86. The molecule has 1 aliphatic rings. The zero-order valence-corrected chi connectivity index (χ0v) is 9.86. The predicted octanol–water partition coefficient (Wildman–Crippen LogP) is 0.938. The molecule has 1 aromatic heterocycles. The maximum absolute atomic E-state index is 11.1. The quantitative estimate of drug-likeness (QED) is 0.872. The fourth-order valence-corrected chi connectivity index (χ4v) is 2.47. The van der Waals surface area contributed by atoms with Crippen LogP contribution >= 0.6 is 0 Å². The minimum absolute atomic E-state index is 0.395. The first-order valence-corrected chi connectivity index (χ1v) is 6.01. The Kier molecular flexibility index (Phi) is 2.71. The zero-order chi connectivity index (χ0) is 12.5. The van der Waals surface area contributed by atoms with Gasteiger partial charge in [0.15, 0.2) is 0 Å². The van der Waals surface area contributed by atoms with Gasteiger partial charge < -0.3 is 5.11 Å². The number of carboxylic acids is 1. The number of nitrogens with zero attached hydrogens (tertiary/aromatic N) is 4. The van der Waals surface area contributed by atoms with E-state index >= 15 is 0 Å². The highest BCUT2D eigenvalue weighted by atomic mass is 16.4. The maximum atomic E-state index is 11.1. The number of hydrogen-bond donors (Lipinski definition) is 1. The van der Waals surface area contributed by atoms with Gasteiger partial charge in [0.2, 0.25) is 0 Å². The maximum Gasteiger partial charge on any atom is 0.320 e. The van der Waals surface area contributed by atoms with Crippen molar-refractivity contribution in [2.24, 2.45) is 0 Å². The molecule has 0 radical (unpaired) electrons. The molecular formula is C12H14N4O2. The van der Waals surface area contributed by atoms with Crippen molar-refractivity contribution < 1.29 is 9.90 Å². The van der Waals surface area contributed by atoms with E-state index in [0.29, 0.717) is 13.1 Å². The minimum Gasteiger partial charge on any atom is -0.480 e. The summed E-state index contributed by atoms with van der Waals surface area (Å²) in [5, 5.41) is 17.3. The molecule has 94 valence electrons. The summed E-state index contributed by atoms with van der Waals surface area (Å²) >= 11 is 0. The molecule has 1 atom stereocenters. The molecule has 0 bridgehead atoms. The molecule has 0 aliphatic carbocycles. The predicted molar refractivity (Wildman–Crippen MR) is 64.9 cm³/mol. The first-order valence-electron chi connectivity index (χ1n) is 6.01. The third-order valence-corrected chi connectivity index (χ3v) is 3.38. The van der Waals surface area contributed by atoms with E-state index in [1.54, 1.807) is 4.68 Å². The van der Waals surface area contributed by atoms with Crippen LogP contribution in [0, 0.1) is 0 Å². The largest absolute Gasteiger partial charge is 0.480 e. The fraction of sp³-hybridized carbons (Fsp3) is 0.417. The summed E-state index contributed by atoms with van der Waals surface area (Å²) in [4.78, 5) is 13.1. The van der Waals surface area contributed by atoms with Gasteiger partial charge in [0.1, 0.15) is 11.6 Å². The third-order valence-electron chi connectivity index (χ3n) is 3.38. The SMILES string of the molecule is O=C(O)C1CCCN1Cn1nnc2ccccc21. The van der Waals surface area contributed by atoms with Crippen LogP contribution in [0.5, 0.6) is 0 Å². The van der Waals surface area contributed by atoms with Crippen molar-refractivity contribution in [2.45, 2.75) is 25.6 Å². The minimum atomic E-state index is -0.753. The molecule has 18 heavy (non-hydrogen) atoms. The Morgan fingerprint density at radius 1 is 1.44 bits per heavy atom. The Hall–Kier alpha value is -1.95. The van der Waals surface area contributed by atoms with Crippen LogP contribution in [0.2, 0.25) is 0 Å². The Morgan fingerprint density at radius 2 is 2.28 bits per heavy atom. The third kappa shape index (κ3) is 1.84. The number of aliphatic carboxylic acids is 1. The second-order valence-electron chi connectivity index (χ2n) is 4.53. The van der Waals surface area contributed by atoms with Crippen LogP contribution in [0.1, 0.15) is 12.8 Å². The van der Waals surface area contributed by atoms with Crippen LogP contribution in [0.15, 0.2) is 24.3 Å². The molecule has 6 nitrogen and oxygen atoms in total. The van der Waals surface area contributed by atoms with Gasteiger partial charge in [-0.25, -0.2) is 4.68 Å². The molecule has 0 spiro atoms. The lowest BCUT2D eigenvalue weighted by molar-refractivity contribution is -0.142. The number of fused-ring (bicyclic) bond motifs is 1. The first-order chi connectivity index (χ1) is 8.75. The number of aromatic nitrogens is 3. The summed E-state index contributed by atoms with van der Waals surface area (Å²) in [5.74, 6) is -0.753. The second kappa shape index (κ2) is 4.38. The van der Waals surface area contributed by atoms with Crippen LogP contribution < -0.4 is 0 Å². The van der Waals surface area contributed by atoms with Crippen LogP contribution in [-0.4, -0.2) is 43.6 Å². The molecule has 1 aromatic carbocycles. The van der Waals surface area contributed by atoms with E-state index in [-0.39, 0.29) is 0 Å². The van der Waals surface area contributed by atoms with Crippen LogP contribution in [-0.2, 0) is 11.5 Å². The fourth-order valence-electron chi connectivity index (χ4n) is 2.47. The summed E-state index contributed by atoms with van der Waals surface area (Å²) in [7, 11) is 0. The van der Waals surface area contributed by atoms with Gasteiger partial charge >= 0.3 is 5.97 Å². The Bertz CT molecular complexity index is 580. The highest BCUT2D eigenvalue weighted by Crippen LogP contribution is 2.19. The van der Waals surface area contributed by atoms with Crippen molar-refractivity contribution in [3.05, 3.63) is 24.3 Å². The van der Waals surface area contributed by atoms with Crippen molar-refractivity contribution in [2.75, 3.05) is 6.54 Å². The van der Waals surface area contributed by atoms with Crippen molar-refractivity contribution in [1.82, 2.24) is 19.9 Å². The van der Waals surface area contributed by atoms with Crippen molar-refractivity contribution >= 4 is 17.0 Å². The number of para-hydroxylation sites is 1. The van der Waals surface area contributed by atoms with Crippen LogP contribution in [0.3, 0.4) is 0 Å². The molecule has 1 unspecified atom stereocenters. The van der Waals surface area contributed by atoms with E-state index in [2.05, 4.69) is 10.3 Å². The Morgan fingerprint density at radius 3 is 3.11 bits per heavy atom. The second-order valence-corrected chi connectivity index (χ2v) is 4.53. The summed E-state index contributed by atoms with van der Waals surface area (Å²) in [6.45, 7) is 1.28. The lowest BCUT2D eigenvalue weighted by Crippen LogP contribution is -2.37. The topological polar surface area (TPSA) is 71.2 Å². The molecule has 1 aliphatic heterocycles. The average molecular weight is 246 g/mol. The van der Waals surface area contributed by atoms with Crippen molar-refractivity contribution in [3.63, 3.8) is 0 Å². The number of carboxylic acid groups (broad SMARTS) is 1. The molecule has 2 heterocycles. The van der Waals surface area contributed by atoms with E-state index in [1.807, 2.05) is 29.2 Å². The molecule has 0 amide bonds. The normalized spacial score (nSPS) is 20.6. The molecule has 6 heteroatoms. The van der Waals surface area contributed by atoms with Gasteiger partial charge in [-0.3, -0.25) is 9.69 Å². The number of rotatable bonds is 3. The summed E-state index contributed by atoms with van der Waals surface area (Å²) in [6, 6.07) is 7.30. The molecule has 1 saturated heterocycles. The lowest BCUT2D eigenvalue weighted by Gasteiger charge is -2.20. The molecule has 1 N–H and O–H groups in total. The Labute approximate surface area is 104 Å². The van der Waals surface area contributed by atoms with E-state index in [4.69, 9.17) is 5.11 Å². The lowest BCUT2D eigenvalue weighted by atomic mass is 10.2. The van der Waals surface area contributed by atoms with Gasteiger partial charge in [0, 0.05) is 6.54 Å². The number of hydrogen-bond acceptors (Lipinski definition) is 4. The van der Waals surface area contributed by atoms with E-state index < -0.39 is 12.0 Å². The van der Waals surface area contributed by atoms with Gasteiger partial charge in [0.25, 0.3) is 0 Å². The molecule has 1 fully saturated rings. The molecule has 3 rings (SSSR count). The summed E-state index contributed by atoms with van der Waals surface area (Å²) in [6.07, 6.45) is 1.63. The van der Waals surface area contributed by atoms with E-state index in [0.717, 1.165) is 24.0 Å². The smallest absolute Gasteiger partial charge is 0.320 e. The summed E-state index contributed by atoms with van der Waals surface area (Å²) < 4.78 is 1.76. The average Bonchev–Trinajstić information content (AvgIpc) is 2.97. The standard InChI is InChI=1S/C12H14N4O2/c17-12(18)11-6-3-7-15(11)8-16-10-5-2-1-4-9(10)13-14-16/h1-2,4-5,11H,3,6-8H2,(H,17,18). The van der Waals surface area contributed by atoms with Crippen molar-refractivity contribution in [1.29, 1.82) is 0 Å².